The first kappa shape index (κ1) is 26.6. The molecule has 10 heteroatoms. The molecule has 7 nitrogen and oxygen atoms in total. The molecular formula is C30H22F3N3O4. The van der Waals surface area contributed by atoms with E-state index in [0.29, 0.717) is 12.0 Å². The maximum absolute atomic E-state index is 14.0. The lowest BCUT2D eigenvalue weighted by Crippen LogP contribution is -2.24. The first-order chi connectivity index (χ1) is 19.2. The van der Waals surface area contributed by atoms with E-state index >= 15 is 0 Å². The quantitative estimate of drug-likeness (QED) is 0.268. The summed E-state index contributed by atoms with van der Waals surface area (Å²) in [4.78, 5) is 35.1. The molecular weight excluding hydrogens is 523 g/mol. The molecule has 0 spiro atoms. The molecule has 5 rings (SSSR count). The number of fused-ring (bicyclic) bond motifs is 1. The van der Waals surface area contributed by atoms with Gasteiger partial charge in [-0.1, -0.05) is 42.5 Å². The summed E-state index contributed by atoms with van der Waals surface area (Å²) >= 11 is 0. The molecule has 202 valence electrons. The predicted octanol–water partition coefficient (Wildman–Crippen LogP) is 5.88. The molecule has 0 unspecified atom stereocenters. The van der Waals surface area contributed by atoms with Crippen LogP contribution in [0.5, 0.6) is 5.75 Å². The van der Waals surface area contributed by atoms with Crippen molar-refractivity contribution < 1.29 is 27.8 Å². The van der Waals surface area contributed by atoms with E-state index in [1.165, 1.54) is 29.0 Å². The molecule has 0 amide bonds. The van der Waals surface area contributed by atoms with Crippen LogP contribution in [-0.4, -0.2) is 32.7 Å². The van der Waals surface area contributed by atoms with E-state index in [1.807, 2.05) is 30.3 Å². The molecule has 5 aromatic rings. The first-order valence-electron chi connectivity index (χ1n) is 12.2. The number of nitrogens with zero attached hydrogens (tertiary/aromatic N) is 3. The van der Waals surface area contributed by atoms with Crippen LogP contribution in [0.3, 0.4) is 0 Å². The minimum absolute atomic E-state index is 0.0451. The number of hydrogen-bond acceptors (Lipinski definition) is 6. The Balaban J connectivity index is 1.83. The molecule has 1 N–H and O–H groups in total. The van der Waals surface area contributed by atoms with Gasteiger partial charge in [-0.25, -0.2) is 9.78 Å². The number of carbonyl (C=O) groups excluding carboxylic acids is 1. The summed E-state index contributed by atoms with van der Waals surface area (Å²) in [5.41, 5.74) is 0.402. The minimum atomic E-state index is -4.55. The fraction of sp³-hybridized carbons (Fsp3) is 0.133. The largest absolute Gasteiger partial charge is 0.505 e. The van der Waals surface area contributed by atoms with Crippen molar-refractivity contribution in [2.24, 2.45) is 0 Å². The van der Waals surface area contributed by atoms with Gasteiger partial charge in [0, 0.05) is 35.5 Å². The SMILES string of the molecule is COC(=O)c1nc(-c2cccnc2)c2c(cc(-c3ccc(C(F)(F)F)cc3)c(=O)n2CCc2ccccc2)c1O. The van der Waals surface area contributed by atoms with Crippen molar-refractivity contribution in [3.63, 3.8) is 0 Å². The van der Waals surface area contributed by atoms with Crippen molar-refractivity contribution in [3.05, 3.63) is 112 Å². The normalized spacial score (nSPS) is 11.5. The van der Waals surface area contributed by atoms with Crippen LogP contribution in [0.4, 0.5) is 13.2 Å². The number of benzene rings is 2. The second-order valence-corrected chi connectivity index (χ2v) is 8.98. The lowest BCUT2D eigenvalue weighted by Gasteiger charge is -2.18. The van der Waals surface area contributed by atoms with E-state index in [4.69, 9.17) is 4.74 Å². The number of hydrogen-bond donors (Lipinski definition) is 1. The fourth-order valence-corrected chi connectivity index (χ4v) is 4.54. The zero-order valence-corrected chi connectivity index (χ0v) is 21.1. The molecule has 0 saturated heterocycles. The standard InChI is InChI=1S/C30H22F3N3O4/c1-40-29(39)25-27(37)23-16-22(19-9-11-21(12-10-19)30(31,32)33)28(38)36(15-13-18-6-3-2-4-7-18)26(23)24(35-25)20-8-5-14-34-17-20/h2-12,14,16-17,37H,13,15H2,1H3. The van der Waals surface area contributed by atoms with Crippen LogP contribution in [0, 0.1) is 0 Å². The molecule has 0 aliphatic carbocycles. The van der Waals surface area contributed by atoms with E-state index < -0.39 is 29.0 Å². The van der Waals surface area contributed by atoms with E-state index in [-0.39, 0.29) is 40.0 Å². The fourth-order valence-electron chi connectivity index (χ4n) is 4.54. The number of aryl methyl sites for hydroxylation is 2. The number of aromatic hydroxyl groups is 1. The Morgan fingerprint density at radius 2 is 1.73 bits per heavy atom. The third-order valence-electron chi connectivity index (χ3n) is 6.52. The van der Waals surface area contributed by atoms with Gasteiger partial charge < -0.3 is 14.4 Å². The predicted molar refractivity (Wildman–Crippen MR) is 143 cm³/mol. The molecule has 0 aliphatic heterocycles. The number of halogens is 3. The summed E-state index contributed by atoms with van der Waals surface area (Å²) in [5, 5.41) is 11.3. The summed E-state index contributed by atoms with van der Waals surface area (Å²) < 4.78 is 45.8. The lowest BCUT2D eigenvalue weighted by molar-refractivity contribution is -0.137. The van der Waals surface area contributed by atoms with Gasteiger partial charge in [-0.15, -0.1) is 0 Å². The summed E-state index contributed by atoms with van der Waals surface area (Å²) in [6.45, 7) is 0.153. The number of rotatable bonds is 6. The Labute approximate surface area is 226 Å². The summed E-state index contributed by atoms with van der Waals surface area (Å²) in [6, 6.07) is 18.3. The zero-order chi connectivity index (χ0) is 28.4. The molecule has 2 aromatic carbocycles. The van der Waals surface area contributed by atoms with Crippen LogP contribution in [0.2, 0.25) is 0 Å². The Hall–Kier alpha value is -4.99. The number of carbonyl (C=O) groups is 1. The Morgan fingerprint density at radius 1 is 1.00 bits per heavy atom. The minimum Gasteiger partial charge on any atom is -0.505 e. The number of alkyl halides is 3. The van der Waals surface area contributed by atoms with Crippen LogP contribution >= 0.6 is 0 Å². The number of aromatic nitrogens is 3. The topological polar surface area (TPSA) is 94.3 Å². The second kappa shape index (κ2) is 10.6. The molecule has 0 aliphatic rings. The third-order valence-corrected chi connectivity index (χ3v) is 6.52. The Morgan fingerprint density at radius 3 is 2.35 bits per heavy atom. The number of methoxy groups -OCH3 is 1. The molecule has 0 atom stereocenters. The van der Waals surface area contributed by atoms with Gasteiger partial charge >= 0.3 is 12.1 Å². The zero-order valence-electron chi connectivity index (χ0n) is 21.1. The highest BCUT2D eigenvalue weighted by Gasteiger charge is 2.30. The molecule has 3 aromatic heterocycles. The monoisotopic (exact) mass is 545 g/mol. The maximum atomic E-state index is 14.0. The van der Waals surface area contributed by atoms with Gasteiger partial charge in [0.1, 0.15) is 0 Å². The summed E-state index contributed by atoms with van der Waals surface area (Å²) in [6.07, 6.45) is -1.05. The van der Waals surface area contributed by atoms with Crippen LogP contribution in [0.1, 0.15) is 21.6 Å². The Kier molecular flexibility index (Phi) is 7.08. The van der Waals surface area contributed by atoms with Gasteiger partial charge in [0.2, 0.25) is 0 Å². The van der Waals surface area contributed by atoms with Crippen LogP contribution in [-0.2, 0) is 23.9 Å². The van der Waals surface area contributed by atoms with Crippen molar-refractivity contribution in [2.45, 2.75) is 19.1 Å². The Bertz CT molecular complexity index is 1750. The summed E-state index contributed by atoms with van der Waals surface area (Å²) in [5.74, 6) is -1.42. The van der Waals surface area contributed by atoms with E-state index in [2.05, 4.69) is 9.97 Å². The molecule has 40 heavy (non-hydrogen) atoms. The molecule has 0 saturated carbocycles. The maximum Gasteiger partial charge on any atom is 0.416 e. The van der Waals surface area contributed by atoms with Gasteiger partial charge in [0.05, 0.1) is 23.9 Å². The van der Waals surface area contributed by atoms with Gasteiger partial charge in [0.15, 0.2) is 11.4 Å². The number of ether oxygens (including phenoxy) is 1. The smallest absolute Gasteiger partial charge is 0.416 e. The molecule has 0 bridgehead atoms. The molecule has 0 fully saturated rings. The third kappa shape index (κ3) is 5.03. The average Bonchev–Trinajstić information content (AvgIpc) is 2.97. The van der Waals surface area contributed by atoms with E-state index in [1.54, 1.807) is 18.3 Å². The highest BCUT2D eigenvalue weighted by molar-refractivity contribution is 6.04. The highest BCUT2D eigenvalue weighted by Crippen LogP contribution is 2.37. The van der Waals surface area contributed by atoms with Crippen LogP contribution in [0.25, 0.3) is 33.3 Å². The number of pyridine rings is 3. The second-order valence-electron chi connectivity index (χ2n) is 8.98. The van der Waals surface area contributed by atoms with Gasteiger partial charge in [-0.2, -0.15) is 13.2 Å². The highest BCUT2D eigenvalue weighted by atomic mass is 19.4. The number of esters is 1. The van der Waals surface area contributed by atoms with Crippen molar-refractivity contribution in [2.75, 3.05) is 7.11 Å². The molecule has 0 radical (unpaired) electrons. The van der Waals surface area contributed by atoms with Gasteiger partial charge in [-0.3, -0.25) is 9.78 Å². The van der Waals surface area contributed by atoms with Crippen molar-refractivity contribution in [3.8, 4) is 28.1 Å². The van der Waals surface area contributed by atoms with Crippen molar-refractivity contribution in [1.82, 2.24) is 14.5 Å². The molecule has 3 heterocycles. The van der Waals surface area contributed by atoms with Crippen LogP contribution in [0.15, 0.2) is 90.0 Å². The van der Waals surface area contributed by atoms with Gasteiger partial charge in [0.25, 0.3) is 5.56 Å². The van der Waals surface area contributed by atoms with Gasteiger partial charge in [-0.05, 0) is 47.9 Å². The van der Waals surface area contributed by atoms with Crippen LogP contribution < -0.4 is 5.56 Å². The van der Waals surface area contributed by atoms with Crippen molar-refractivity contribution in [1.29, 1.82) is 0 Å². The van der Waals surface area contributed by atoms with Crippen molar-refractivity contribution >= 4 is 16.9 Å². The van der Waals surface area contributed by atoms with E-state index in [0.717, 1.165) is 24.8 Å². The lowest BCUT2D eigenvalue weighted by atomic mass is 10.00. The first-order valence-corrected chi connectivity index (χ1v) is 12.2. The summed E-state index contributed by atoms with van der Waals surface area (Å²) in [7, 11) is 1.14. The van der Waals surface area contributed by atoms with E-state index in [9.17, 15) is 27.9 Å². The average molecular weight is 546 g/mol.